The lowest BCUT2D eigenvalue weighted by Crippen LogP contribution is -2.48. The maximum absolute atomic E-state index is 12.7. The van der Waals surface area contributed by atoms with Crippen LogP contribution in [0, 0.1) is 0 Å². The largest absolute Gasteiger partial charge is 0.340 e. The van der Waals surface area contributed by atoms with E-state index in [1.165, 1.54) is 16.3 Å². The Kier molecular flexibility index (Phi) is 6.44. The molecule has 0 N–H and O–H groups in total. The highest BCUT2D eigenvalue weighted by atomic mass is 16.5. The van der Waals surface area contributed by atoms with E-state index in [4.69, 9.17) is 4.52 Å². The summed E-state index contributed by atoms with van der Waals surface area (Å²) in [6, 6.07) is 24.8. The van der Waals surface area contributed by atoms with Gasteiger partial charge < -0.3 is 9.42 Å². The van der Waals surface area contributed by atoms with Gasteiger partial charge in [-0.1, -0.05) is 78.0 Å². The van der Waals surface area contributed by atoms with Crippen LogP contribution in [0.5, 0.6) is 0 Å². The second-order valence-electron chi connectivity index (χ2n) is 8.53. The van der Waals surface area contributed by atoms with Crippen LogP contribution in [0.15, 0.2) is 77.3 Å². The minimum Gasteiger partial charge on any atom is -0.340 e. The normalized spacial score (nSPS) is 14.6. The molecule has 33 heavy (non-hydrogen) atoms. The summed E-state index contributed by atoms with van der Waals surface area (Å²) in [5.41, 5.74) is 2.28. The number of fused-ring (bicyclic) bond motifs is 1. The molecular formula is C27H28N4O2. The Morgan fingerprint density at radius 1 is 0.879 bits per heavy atom. The molecule has 1 aliphatic rings. The predicted molar refractivity (Wildman–Crippen MR) is 128 cm³/mol. The van der Waals surface area contributed by atoms with Gasteiger partial charge in [-0.3, -0.25) is 9.69 Å². The maximum Gasteiger partial charge on any atom is 0.226 e. The standard InChI is InChI=1S/C27H28N4O2/c32-26(15-7-14-25-28-27(29-33-25)22-9-2-1-3-10-22)31-18-16-30(17-19-31)20-23-12-6-11-21-8-4-5-13-24(21)23/h1-6,8-13H,7,14-20H2. The van der Waals surface area contributed by atoms with E-state index in [0.29, 0.717) is 31.0 Å². The van der Waals surface area contributed by atoms with Crippen molar-refractivity contribution < 1.29 is 9.32 Å². The van der Waals surface area contributed by atoms with E-state index in [1.807, 2.05) is 35.2 Å². The van der Waals surface area contributed by atoms with Crippen molar-refractivity contribution in [2.45, 2.75) is 25.8 Å². The number of piperazine rings is 1. The molecule has 2 heterocycles. The van der Waals surface area contributed by atoms with E-state index < -0.39 is 0 Å². The maximum atomic E-state index is 12.7. The number of carbonyl (C=O) groups excluding carboxylic acids is 1. The summed E-state index contributed by atoms with van der Waals surface area (Å²) in [5.74, 6) is 1.39. The summed E-state index contributed by atoms with van der Waals surface area (Å²) in [4.78, 5) is 21.6. The molecule has 3 aromatic carbocycles. The van der Waals surface area contributed by atoms with Gasteiger partial charge in [-0.15, -0.1) is 0 Å². The average molecular weight is 441 g/mol. The van der Waals surface area contributed by atoms with Gasteiger partial charge in [0.15, 0.2) is 0 Å². The van der Waals surface area contributed by atoms with Crippen LogP contribution in [0.3, 0.4) is 0 Å². The van der Waals surface area contributed by atoms with Crippen LogP contribution in [-0.4, -0.2) is 52.0 Å². The Labute approximate surface area is 193 Å². The molecule has 0 radical (unpaired) electrons. The Balaban J connectivity index is 1.08. The average Bonchev–Trinajstić information content (AvgIpc) is 3.34. The third-order valence-corrected chi connectivity index (χ3v) is 6.28. The first-order valence-corrected chi connectivity index (χ1v) is 11.6. The van der Waals surface area contributed by atoms with Crippen LogP contribution in [0.1, 0.15) is 24.3 Å². The zero-order valence-corrected chi connectivity index (χ0v) is 18.7. The van der Waals surface area contributed by atoms with E-state index >= 15 is 0 Å². The highest BCUT2D eigenvalue weighted by Gasteiger charge is 2.21. The van der Waals surface area contributed by atoms with Gasteiger partial charge in [0, 0.05) is 51.1 Å². The first-order valence-electron chi connectivity index (χ1n) is 11.6. The van der Waals surface area contributed by atoms with Crippen LogP contribution >= 0.6 is 0 Å². The van der Waals surface area contributed by atoms with Gasteiger partial charge in [0.2, 0.25) is 17.6 Å². The van der Waals surface area contributed by atoms with Crippen molar-refractivity contribution in [3.05, 3.63) is 84.3 Å². The van der Waals surface area contributed by atoms with Crippen molar-refractivity contribution in [1.29, 1.82) is 0 Å². The van der Waals surface area contributed by atoms with Crippen molar-refractivity contribution >= 4 is 16.7 Å². The lowest BCUT2D eigenvalue weighted by Gasteiger charge is -2.35. The lowest BCUT2D eigenvalue weighted by atomic mass is 10.0. The lowest BCUT2D eigenvalue weighted by molar-refractivity contribution is -0.133. The molecule has 0 saturated carbocycles. The minimum absolute atomic E-state index is 0.211. The first-order chi connectivity index (χ1) is 16.3. The molecule has 5 rings (SSSR count). The molecule has 1 aromatic heterocycles. The Morgan fingerprint density at radius 3 is 2.48 bits per heavy atom. The van der Waals surface area contributed by atoms with Gasteiger partial charge in [0.1, 0.15) is 0 Å². The number of hydrogen-bond donors (Lipinski definition) is 0. The quantitative estimate of drug-likeness (QED) is 0.422. The zero-order valence-electron chi connectivity index (χ0n) is 18.7. The molecule has 0 aliphatic carbocycles. The van der Waals surface area contributed by atoms with E-state index in [2.05, 4.69) is 57.5 Å². The summed E-state index contributed by atoms with van der Waals surface area (Å²) < 4.78 is 5.35. The van der Waals surface area contributed by atoms with E-state index in [9.17, 15) is 4.79 Å². The van der Waals surface area contributed by atoms with Crippen molar-refractivity contribution in [2.75, 3.05) is 26.2 Å². The SMILES string of the molecule is O=C(CCCc1nc(-c2ccccc2)no1)N1CCN(Cc2cccc3ccccc23)CC1. The number of benzene rings is 3. The molecule has 0 spiro atoms. The van der Waals surface area contributed by atoms with Crippen molar-refractivity contribution in [2.24, 2.45) is 0 Å². The summed E-state index contributed by atoms with van der Waals surface area (Å²) in [6.07, 6.45) is 1.84. The van der Waals surface area contributed by atoms with Crippen LogP contribution < -0.4 is 0 Å². The molecule has 1 fully saturated rings. The van der Waals surface area contributed by atoms with Gasteiger partial charge in [-0.25, -0.2) is 0 Å². The molecule has 168 valence electrons. The summed E-state index contributed by atoms with van der Waals surface area (Å²) >= 11 is 0. The molecule has 1 aliphatic heterocycles. The van der Waals surface area contributed by atoms with E-state index in [0.717, 1.165) is 38.3 Å². The Hall–Kier alpha value is -3.51. The molecule has 0 atom stereocenters. The number of nitrogens with zero attached hydrogens (tertiary/aromatic N) is 4. The van der Waals surface area contributed by atoms with Gasteiger partial charge in [-0.05, 0) is 22.8 Å². The Bertz CT molecular complexity index is 1210. The number of aromatic nitrogens is 2. The van der Waals surface area contributed by atoms with Crippen LogP contribution in [0.25, 0.3) is 22.2 Å². The van der Waals surface area contributed by atoms with Crippen LogP contribution in [-0.2, 0) is 17.8 Å². The second-order valence-corrected chi connectivity index (χ2v) is 8.53. The number of rotatable bonds is 7. The predicted octanol–water partition coefficient (Wildman–Crippen LogP) is 4.56. The summed E-state index contributed by atoms with van der Waals surface area (Å²) in [7, 11) is 0. The summed E-state index contributed by atoms with van der Waals surface area (Å²) in [6.45, 7) is 4.28. The minimum atomic E-state index is 0.211. The van der Waals surface area contributed by atoms with Crippen molar-refractivity contribution in [3.8, 4) is 11.4 Å². The topological polar surface area (TPSA) is 62.5 Å². The fourth-order valence-electron chi connectivity index (χ4n) is 4.44. The third-order valence-electron chi connectivity index (χ3n) is 6.28. The number of aryl methyl sites for hydroxylation is 1. The molecule has 6 heteroatoms. The van der Waals surface area contributed by atoms with Crippen LogP contribution in [0.2, 0.25) is 0 Å². The smallest absolute Gasteiger partial charge is 0.226 e. The molecular weight excluding hydrogens is 412 g/mol. The van der Waals surface area contributed by atoms with Gasteiger partial charge in [-0.2, -0.15) is 4.98 Å². The zero-order chi connectivity index (χ0) is 22.5. The highest BCUT2D eigenvalue weighted by molar-refractivity contribution is 5.85. The highest BCUT2D eigenvalue weighted by Crippen LogP contribution is 2.21. The third kappa shape index (κ3) is 5.12. The molecule has 6 nitrogen and oxygen atoms in total. The van der Waals surface area contributed by atoms with Gasteiger partial charge in [0.25, 0.3) is 0 Å². The van der Waals surface area contributed by atoms with Crippen molar-refractivity contribution in [1.82, 2.24) is 19.9 Å². The molecule has 1 saturated heterocycles. The fraction of sp³-hybridized carbons (Fsp3) is 0.296. The monoisotopic (exact) mass is 440 g/mol. The van der Waals surface area contributed by atoms with E-state index in [1.54, 1.807) is 0 Å². The van der Waals surface area contributed by atoms with E-state index in [-0.39, 0.29) is 5.91 Å². The second kappa shape index (κ2) is 9.96. The van der Waals surface area contributed by atoms with Crippen molar-refractivity contribution in [3.63, 3.8) is 0 Å². The molecule has 0 bridgehead atoms. The van der Waals surface area contributed by atoms with Gasteiger partial charge in [0.05, 0.1) is 0 Å². The summed E-state index contributed by atoms with van der Waals surface area (Å²) in [5, 5.41) is 6.64. The fourth-order valence-corrected chi connectivity index (χ4v) is 4.44. The van der Waals surface area contributed by atoms with Gasteiger partial charge >= 0.3 is 0 Å². The number of carbonyl (C=O) groups is 1. The number of hydrogen-bond acceptors (Lipinski definition) is 5. The first kappa shape index (κ1) is 21.3. The molecule has 0 unspecified atom stereocenters. The van der Waals surface area contributed by atoms with Crippen LogP contribution in [0.4, 0.5) is 0 Å². The molecule has 4 aromatic rings. The molecule has 1 amide bonds. The number of amides is 1. The Morgan fingerprint density at radius 2 is 1.64 bits per heavy atom.